The Kier molecular flexibility index (Phi) is 3.29. The molecule has 0 saturated heterocycles. The van der Waals surface area contributed by atoms with E-state index in [1.54, 1.807) is 0 Å². The lowest BCUT2D eigenvalue weighted by molar-refractivity contribution is 0.270. The summed E-state index contributed by atoms with van der Waals surface area (Å²) in [4.78, 5) is 0. The maximum absolute atomic E-state index is 5.96. The van der Waals surface area contributed by atoms with E-state index in [1.165, 1.54) is 25.7 Å². The lowest BCUT2D eigenvalue weighted by Gasteiger charge is -2.25. The van der Waals surface area contributed by atoms with Gasteiger partial charge in [0.05, 0.1) is 17.6 Å². The Labute approximate surface area is 95.8 Å². The van der Waals surface area contributed by atoms with Gasteiger partial charge in [0.2, 0.25) is 0 Å². The monoisotopic (exact) mass is 227 g/mol. The fourth-order valence-electron chi connectivity index (χ4n) is 2.16. The molecule has 0 N–H and O–H groups in total. The van der Waals surface area contributed by atoms with Crippen molar-refractivity contribution in [2.75, 3.05) is 0 Å². The third-order valence-electron chi connectivity index (χ3n) is 3.30. The number of aromatic nitrogens is 3. The highest BCUT2D eigenvalue weighted by Gasteiger charge is 2.21. The van der Waals surface area contributed by atoms with Crippen LogP contribution in [0.15, 0.2) is 6.20 Å². The van der Waals surface area contributed by atoms with E-state index in [-0.39, 0.29) is 5.38 Å². The molecule has 4 heteroatoms. The minimum Gasteiger partial charge on any atom is -0.249 e. The summed E-state index contributed by atoms with van der Waals surface area (Å²) in [6, 6.07) is 0.540. The zero-order chi connectivity index (χ0) is 10.8. The van der Waals surface area contributed by atoms with Crippen LogP contribution in [-0.4, -0.2) is 15.0 Å². The topological polar surface area (TPSA) is 30.7 Å². The molecule has 3 nitrogen and oxygen atoms in total. The summed E-state index contributed by atoms with van der Waals surface area (Å²) in [6.07, 6.45) is 7.05. The second kappa shape index (κ2) is 4.52. The molecule has 1 aromatic rings. The van der Waals surface area contributed by atoms with Gasteiger partial charge >= 0.3 is 0 Å². The number of hydrogen-bond donors (Lipinski definition) is 0. The highest BCUT2D eigenvalue weighted by atomic mass is 35.5. The van der Waals surface area contributed by atoms with Crippen molar-refractivity contribution in [2.24, 2.45) is 5.92 Å². The second-order valence-electron chi connectivity index (χ2n) is 4.65. The molecule has 0 amide bonds. The number of hydrogen-bond acceptors (Lipinski definition) is 2. The molecule has 1 aromatic heterocycles. The van der Waals surface area contributed by atoms with Gasteiger partial charge in [-0.1, -0.05) is 12.1 Å². The first-order valence-corrected chi connectivity index (χ1v) is 6.16. The SMILES string of the molecule is CC1CCC(n2cc(C(C)Cl)nn2)CC1. The Morgan fingerprint density at radius 3 is 2.60 bits per heavy atom. The Bertz CT molecular complexity index is 313. The Morgan fingerprint density at radius 2 is 2.07 bits per heavy atom. The van der Waals surface area contributed by atoms with Crippen LogP contribution < -0.4 is 0 Å². The van der Waals surface area contributed by atoms with Crippen LogP contribution in [0.3, 0.4) is 0 Å². The maximum Gasteiger partial charge on any atom is 0.100 e. The molecule has 0 aliphatic heterocycles. The van der Waals surface area contributed by atoms with Crippen LogP contribution in [0.25, 0.3) is 0 Å². The molecule has 15 heavy (non-hydrogen) atoms. The largest absolute Gasteiger partial charge is 0.249 e. The molecule has 1 unspecified atom stereocenters. The quantitative estimate of drug-likeness (QED) is 0.726. The van der Waals surface area contributed by atoms with Crippen molar-refractivity contribution >= 4 is 11.6 Å². The molecular formula is C11H18ClN3. The molecule has 1 heterocycles. The van der Waals surface area contributed by atoms with Crippen LogP contribution in [0.1, 0.15) is 56.6 Å². The Morgan fingerprint density at radius 1 is 1.40 bits per heavy atom. The van der Waals surface area contributed by atoms with Gasteiger partial charge in [-0.25, -0.2) is 4.68 Å². The molecule has 1 aliphatic rings. The summed E-state index contributed by atoms with van der Waals surface area (Å²) in [6.45, 7) is 4.25. The van der Waals surface area contributed by atoms with Crippen molar-refractivity contribution in [1.29, 1.82) is 0 Å². The van der Waals surface area contributed by atoms with E-state index >= 15 is 0 Å². The molecule has 1 fully saturated rings. The molecule has 0 bridgehead atoms. The standard InChI is InChI=1S/C11H18ClN3/c1-8-3-5-10(6-4-8)15-7-11(9(2)12)13-14-15/h7-10H,3-6H2,1-2H3. The van der Waals surface area contributed by atoms with Gasteiger partial charge in [0.25, 0.3) is 0 Å². The van der Waals surface area contributed by atoms with Gasteiger partial charge in [0.1, 0.15) is 5.69 Å². The normalized spacial score (nSPS) is 29.0. The van der Waals surface area contributed by atoms with E-state index in [9.17, 15) is 0 Å². The van der Waals surface area contributed by atoms with Crippen molar-refractivity contribution in [1.82, 2.24) is 15.0 Å². The van der Waals surface area contributed by atoms with E-state index in [4.69, 9.17) is 11.6 Å². The molecule has 0 spiro atoms. The maximum atomic E-state index is 5.96. The Balaban J connectivity index is 2.03. The number of alkyl halides is 1. The molecule has 1 aliphatic carbocycles. The summed E-state index contributed by atoms with van der Waals surface area (Å²) in [7, 11) is 0. The molecular weight excluding hydrogens is 210 g/mol. The van der Waals surface area contributed by atoms with Crippen LogP contribution in [-0.2, 0) is 0 Å². The third-order valence-corrected chi connectivity index (χ3v) is 3.52. The van der Waals surface area contributed by atoms with E-state index in [0.29, 0.717) is 6.04 Å². The Hall–Kier alpha value is -0.570. The zero-order valence-electron chi connectivity index (χ0n) is 9.36. The van der Waals surface area contributed by atoms with Crippen molar-refractivity contribution in [3.05, 3.63) is 11.9 Å². The molecule has 1 saturated carbocycles. The summed E-state index contributed by atoms with van der Waals surface area (Å²) >= 11 is 5.96. The first-order chi connectivity index (χ1) is 7.16. The number of halogens is 1. The number of rotatable bonds is 2. The van der Waals surface area contributed by atoms with Crippen LogP contribution in [0.4, 0.5) is 0 Å². The van der Waals surface area contributed by atoms with Crippen LogP contribution >= 0.6 is 11.6 Å². The van der Waals surface area contributed by atoms with Gasteiger partial charge in [0, 0.05) is 0 Å². The lowest BCUT2D eigenvalue weighted by atomic mass is 9.87. The van der Waals surface area contributed by atoms with Crippen LogP contribution in [0.2, 0.25) is 0 Å². The van der Waals surface area contributed by atoms with Crippen molar-refractivity contribution < 1.29 is 0 Å². The first-order valence-electron chi connectivity index (χ1n) is 5.72. The van der Waals surface area contributed by atoms with Gasteiger partial charge in [-0.2, -0.15) is 0 Å². The van der Waals surface area contributed by atoms with Gasteiger partial charge < -0.3 is 0 Å². The zero-order valence-corrected chi connectivity index (χ0v) is 10.1. The molecule has 0 radical (unpaired) electrons. The molecule has 1 atom stereocenters. The van der Waals surface area contributed by atoms with E-state index in [2.05, 4.69) is 17.2 Å². The molecule has 0 aromatic carbocycles. The average molecular weight is 228 g/mol. The fourth-order valence-corrected chi connectivity index (χ4v) is 2.26. The minimum absolute atomic E-state index is 0.0405. The van der Waals surface area contributed by atoms with Crippen LogP contribution in [0.5, 0.6) is 0 Å². The minimum atomic E-state index is -0.0405. The molecule has 2 rings (SSSR count). The van der Waals surface area contributed by atoms with E-state index < -0.39 is 0 Å². The summed E-state index contributed by atoms with van der Waals surface area (Å²) < 4.78 is 2.00. The first kappa shape index (κ1) is 10.9. The highest BCUT2D eigenvalue weighted by Crippen LogP contribution is 2.31. The highest BCUT2D eigenvalue weighted by molar-refractivity contribution is 6.20. The average Bonchev–Trinajstić information content (AvgIpc) is 2.68. The van der Waals surface area contributed by atoms with E-state index in [1.807, 2.05) is 17.8 Å². The van der Waals surface area contributed by atoms with Gasteiger partial charge in [-0.15, -0.1) is 16.7 Å². The van der Waals surface area contributed by atoms with Crippen molar-refractivity contribution in [2.45, 2.75) is 50.9 Å². The van der Waals surface area contributed by atoms with Crippen molar-refractivity contribution in [3.63, 3.8) is 0 Å². The van der Waals surface area contributed by atoms with Gasteiger partial charge in [-0.3, -0.25) is 0 Å². The smallest absolute Gasteiger partial charge is 0.100 e. The lowest BCUT2D eigenvalue weighted by Crippen LogP contribution is -2.17. The van der Waals surface area contributed by atoms with Gasteiger partial charge in [0.15, 0.2) is 0 Å². The summed E-state index contributed by atoms with van der Waals surface area (Å²) in [5.41, 5.74) is 0.885. The second-order valence-corrected chi connectivity index (χ2v) is 5.31. The van der Waals surface area contributed by atoms with Crippen LogP contribution in [0, 0.1) is 5.92 Å². The van der Waals surface area contributed by atoms with Gasteiger partial charge in [-0.05, 0) is 38.5 Å². The molecule has 84 valence electrons. The van der Waals surface area contributed by atoms with Crippen molar-refractivity contribution in [3.8, 4) is 0 Å². The van der Waals surface area contributed by atoms with E-state index in [0.717, 1.165) is 11.6 Å². The summed E-state index contributed by atoms with van der Waals surface area (Å²) in [5, 5.41) is 8.22. The fraction of sp³-hybridized carbons (Fsp3) is 0.818. The third kappa shape index (κ3) is 2.51. The number of nitrogens with zero attached hydrogens (tertiary/aromatic N) is 3. The predicted molar refractivity (Wildman–Crippen MR) is 61.0 cm³/mol. The summed E-state index contributed by atoms with van der Waals surface area (Å²) in [5.74, 6) is 0.871. The predicted octanol–water partition coefficient (Wildman–Crippen LogP) is 3.33.